The van der Waals surface area contributed by atoms with Crippen LogP contribution in [-0.2, 0) is 16.2 Å². The number of benzene rings is 2. The molecule has 0 saturated carbocycles. The van der Waals surface area contributed by atoms with Crippen LogP contribution in [0.2, 0.25) is 0 Å². The van der Waals surface area contributed by atoms with Gasteiger partial charge in [0.25, 0.3) is 0 Å². The molecule has 0 aromatic heterocycles. The number of amides is 1. The molecule has 2 aromatic carbocycles. The molecule has 1 saturated heterocycles. The van der Waals surface area contributed by atoms with E-state index in [4.69, 9.17) is 9.84 Å². The van der Waals surface area contributed by atoms with Crippen LogP contribution in [0.5, 0.6) is 5.75 Å². The molecule has 150 valence electrons. The number of anilines is 1. The van der Waals surface area contributed by atoms with Crippen LogP contribution in [-0.4, -0.2) is 30.6 Å². The van der Waals surface area contributed by atoms with Crippen molar-refractivity contribution in [2.75, 3.05) is 18.5 Å². The maximum absolute atomic E-state index is 13.6. The lowest BCUT2D eigenvalue weighted by Crippen LogP contribution is -2.25. The Kier molecular flexibility index (Phi) is 7.00. The summed E-state index contributed by atoms with van der Waals surface area (Å²) >= 11 is 0. The van der Waals surface area contributed by atoms with Crippen LogP contribution >= 0.6 is 0 Å². The Labute approximate surface area is 159 Å². The molecule has 1 fully saturated rings. The molecule has 0 radical (unpaired) electrons. The smallest absolute Gasteiger partial charge is 0.308 e. The minimum atomic E-state index is -1.30. The lowest BCUT2D eigenvalue weighted by atomic mass is 10.1. The number of nitrogens with zero attached hydrogens (tertiary/aromatic N) is 1. The highest BCUT2D eigenvalue weighted by Crippen LogP contribution is 2.27. The molecule has 3 N–H and O–H groups in total. The second-order valence-corrected chi connectivity index (χ2v) is 5.85. The summed E-state index contributed by atoms with van der Waals surface area (Å²) in [4.78, 5) is 24.3. The van der Waals surface area contributed by atoms with E-state index in [0.717, 1.165) is 6.07 Å². The summed E-state index contributed by atoms with van der Waals surface area (Å²) in [6.45, 7) is -0.424. The van der Waals surface area contributed by atoms with Crippen molar-refractivity contribution in [1.29, 1.82) is 0 Å². The van der Waals surface area contributed by atoms with Crippen LogP contribution in [0.1, 0.15) is 12.0 Å². The summed E-state index contributed by atoms with van der Waals surface area (Å²) in [6, 6.07) is 7.54. The second kappa shape index (κ2) is 9.23. The minimum absolute atomic E-state index is 0.0638. The van der Waals surface area contributed by atoms with Crippen molar-refractivity contribution in [1.82, 2.24) is 0 Å². The summed E-state index contributed by atoms with van der Waals surface area (Å²) in [7, 11) is 1.50. The first-order valence-corrected chi connectivity index (χ1v) is 8.33. The number of rotatable bonds is 5. The number of hydrogen-bond acceptors (Lipinski definition) is 4. The van der Waals surface area contributed by atoms with E-state index >= 15 is 0 Å². The summed E-state index contributed by atoms with van der Waals surface area (Å²) in [5.41, 5.74) is 4.47. The average Bonchev–Trinajstić information content (AvgIpc) is 3.09. The van der Waals surface area contributed by atoms with Crippen LogP contribution in [0.4, 0.5) is 18.9 Å². The molecule has 1 heterocycles. The quantitative estimate of drug-likeness (QED) is 0.758. The minimum Gasteiger partial charge on any atom is -0.489 e. The number of carbonyl (C=O) groups excluding carboxylic acids is 1. The third-order valence-electron chi connectivity index (χ3n) is 4.14. The molecule has 0 spiro atoms. The highest BCUT2D eigenvalue weighted by Gasteiger charge is 2.34. The van der Waals surface area contributed by atoms with Gasteiger partial charge in [-0.2, -0.15) is 0 Å². The first-order valence-electron chi connectivity index (χ1n) is 8.33. The van der Waals surface area contributed by atoms with Crippen LogP contribution in [0.3, 0.4) is 0 Å². The number of halogens is 3. The molecule has 6 nitrogen and oxygen atoms in total. The zero-order valence-electron chi connectivity index (χ0n) is 15.0. The number of hydrogen-bond donors (Lipinski definition) is 2. The SMILES string of the molecule is CN.O=C(O)C1CC(=O)N(c2ccc(OCc3c(F)ccc(F)c3F)cc2)C1. The van der Waals surface area contributed by atoms with Gasteiger partial charge >= 0.3 is 5.97 Å². The molecule has 1 aliphatic heterocycles. The Morgan fingerprint density at radius 2 is 1.75 bits per heavy atom. The van der Waals surface area contributed by atoms with E-state index in [1.165, 1.54) is 36.2 Å². The van der Waals surface area contributed by atoms with E-state index in [1.54, 1.807) is 0 Å². The summed E-state index contributed by atoms with van der Waals surface area (Å²) < 4.78 is 45.6. The summed E-state index contributed by atoms with van der Waals surface area (Å²) in [6.07, 6.45) is -0.0638. The molecule has 9 heteroatoms. The molecule has 1 atom stereocenters. The van der Waals surface area contributed by atoms with E-state index in [1.807, 2.05) is 0 Å². The molecular weight excluding hydrogens is 377 g/mol. The lowest BCUT2D eigenvalue weighted by Gasteiger charge is -2.16. The van der Waals surface area contributed by atoms with Crippen molar-refractivity contribution in [2.24, 2.45) is 11.7 Å². The first-order chi connectivity index (χ1) is 13.4. The van der Waals surface area contributed by atoms with Crippen LogP contribution < -0.4 is 15.4 Å². The van der Waals surface area contributed by atoms with Gasteiger partial charge in [-0.05, 0) is 43.4 Å². The van der Waals surface area contributed by atoms with Crippen molar-refractivity contribution >= 4 is 17.6 Å². The Morgan fingerprint density at radius 3 is 2.32 bits per heavy atom. The van der Waals surface area contributed by atoms with Gasteiger partial charge in [0, 0.05) is 18.7 Å². The summed E-state index contributed by atoms with van der Waals surface area (Å²) in [5, 5.41) is 9.00. The average molecular weight is 396 g/mol. The van der Waals surface area contributed by atoms with E-state index in [-0.39, 0.29) is 24.6 Å². The van der Waals surface area contributed by atoms with Crippen molar-refractivity contribution in [3.05, 3.63) is 59.4 Å². The molecule has 0 bridgehead atoms. The Morgan fingerprint density at radius 1 is 1.14 bits per heavy atom. The molecule has 3 rings (SSSR count). The van der Waals surface area contributed by atoms with Gasteiger partial charge in [-0.25, -0.2) is 13.2 Å². The van der Waals surface area contributed by atoms with Crippen molar-refractivity contribution in [3.8, 4) is 5.75 Å². The van der Waals surface area contributed by atoms with Gasteiger partial charge in [-0.1, -0.05) is 0 Å². The van der Waals surface area contributed by atoms with Gasteiger partial charge < -0.3 is 20.5 Å². The molecule has 1 amide bonds. The Balaban J connectivity index is 0.00000136. The number of nitrogens with two attached hydrogens (primary N) is 1. The topological polar surface area (TPSA) is 92.9 Å². The zero-order chi connectivity index (χ0) is 20.8. The van der Waals surface area contributed by atoms with Crippen LogP contribution in [0.25, 0.3) is 0 Å². The predicted octanol–water partition coefficient (Wildman–Crippen LogP) is 2.70. The lowest BCUT2D eigenvalue weighted by molar-refractivity contribution is -0.141. The Bertz CT molecular complexity index is 859. The Hall–Kier alpha value is -3.07. The van der Waals surface area contributed by atoms with E-state index in [2.05, 4.69) is 5.73 Å². The fourth-order valence-corrected chi connectivity index (χ4v) is 2.70. The van der Waals surface area contributed by atoms with E-state index in [9.17, 15) is 22.8 Å². The zero-order valence-corrected chi connectivity index (χ0v) is 15.0. The van der Waals surface area contributed by atoms with Crippen LogP contribution in [0.15, 0.2) is 36.4 Å². The number of aliphatic carboxylic acids is 1. The van der Waals surface area contributed by atoms with Gasteiger partial charge in [0.15, 0.2) is 11.6 Å². The maximum atomic E-state index is 13.6. The highest BCUT2D eigenvalue weighted by atomic mass is 19.2. The van der Waals surface area contributed by atoms with E-state index < -0.39 is 41.5 Å². The van der Waals surface area contributed by atoms with Crippen molar-refractivity contribution in [3.63, 3.8) is 0 Å². The molecule has 28 heavy (non-hydrogen) atoms. The van der Waals surface area contributed by atoms with Gasteiger partial charge in [-0.3, -0.25) is 9.59 Å². The van der Waals surface area contributed by atoms with Crippen molar-refractivity contribution in [2.45, 2.75) is 13.0 Å². The largest absolute Gasteiger partial charge is 0.489 e. The molecule has 1 aliphatic rings. The fourth-order valence-electron chi connectivity index (χ4n) is 2.70. The molecule has 2 aromatic rings. The van der Waals surface area contributed by atoms with Gasteiger partial charge in [0.1, 0.15) is 18.2 Å². The van der Waals surface area contributed by atoms with Gasteiger partial charge in [0.2, 0.25) is 5.91 Å². The van der Waals surface area contributed by atoms with E-state index in [0.29, 0.717) is 11.8 Å². The third kappa shape index (κ3) is 4.61. The number of carboxylic acids is 1. The van der Waals surface area contributed by atoms with Gasteiger partial charge in [-0.15, -0.1) is 0 Å². The normalized spacial score (nSPS) is 15.8. The third-order valence-corrected chi connectivity index (χ3v) is 4.14. The number of carboxylic acid groups (broad SMARTS) is 1. The fraction of sp³-hybridized carbons (Fsp3) is 0.263. The molecular formula is C19H19F3N2O4. The summed E-state index contributed by atoms with van der Waals surface area (Å²) in [5.74, 6) is -5.20. The molecule has 1 unspecified atom stereocenters. The molecule has 0 aliphatic carbocycles. The maximum Gasteiger partial charge on any atom is 0.308 e. The first kappa shape index (κ1) is 21.2. The highest BCUT2D eigenvalue weighted by molar-refractivity contribution is 5.99. The van der Waals surface area contributed by atoms with Crippen molar-refractivity contribution < 1.29 is 32.6 Å². The number of carbonyl (C=O) groups is 2. The predicted molar refractivity (Wildman–Crippen MR) is 95.3 cm³/mol. The standard InChI is InChI=1S/C18H14F3NO4.CH5N/c19-14-5-6-15(20)17(21)13(14)9-26-12-3-1-11(2-4-12)22-8-10(18(24)25)7-16(22)23;1-2/h1-6,10H,7-9H2,(H,24,25);2H2,1H3. The van der Waals surface area contributed by atoms with Crippen LogP contribution in [0, 0.1) is 23.4 Å². The second-order valence-electron chi connectivity index (χ2n) is 5.85. The van der Waals surface area contributed by atoms with Gasteiger partial charge in [0.05, 0.1) is 11.5 Å². The monoisotopic (exact) mass is 396 g/mol. The number of ether oxygens (including phenoxy) is 1.